The lowest BCUT2D eigenvalue weighted by Crippen LogP contribution is -2.37. The largest absolute Gasteiger partial charge is 0.325 e. The smallest absolute Gasteiger partial charge is 0.314 e. The van der Waals surface area contributed by atoms with Crippen molar-refractivity contribution in [1.29, 1.82) is 0 Å². The van der Waals surface area contributed by atoms with Gasteiger partial charge in [-0.2, -0.15) is 0 Å². The first kappa shape index (κ1) is 18.3. The number of aryl methyl sites for hydroxylation is 2. The molecule has 2 aromatic carbocycles. The predicted octanol–water partition coefficient (Wildman–Crippen LogP) is 3.56. The van der Waals surface area contributed by atoms with Crippen molar-refractivity contribution in [2.45, 2.75) is 32.5 Å². The van der Waals surface area contributed by atoms with Crippen LogP contribution in [-0.2, 0) is 16.4 Å². The van der Waals surface area contributed by atoms with Crippen LogP contribution in [0.15, 0.2) is 42.5 Å². The second-order valence-electron chi connectivity index (χ2n) is 7.41. The van der Waals surface area contributed by atoms with E-state index in [0.29, 0.717) is 17.3 Å². The number of anilines is 1. The van der Waals surface area contributed by atoms with E-state index in [1.165, 1.54) is 0 Å². The van der Waals surface area contributed by atoms with Crippen molar-refractivity contribution >= 4 is 33.2 Å². The van der Waals surface area contributed by atoms with Crippen molar-refractivity contribution < 1.29 is 13.2 Å². The Morgan fingerprint density at radius 2 is 1.70 bits per heavy atom. The van der Waals surface area contributed by atoms with Crippen molar-refractivity contribution in [2.75, 3.05) is 16.4 Å². The van der Waals surface area contributed by atoms with E-state index in [4.69, 9.17) is 11.6 Å². The summed E-state index contributed by atoms with van der Waals surface area (Å²) in [4.78, 5) is 16.5. The Balaban J connectivity index is 1.71. The lowest BCUT2D eigenvalue weighted by atomic mass is 10.1. The molecule has 0 saturated carbocycles. The monoisotopic (exact) mass is 404 g/mol. The Morgan fingerprint density at radius 3 is 2.37 bits per heavy atom. The average Bonchev–Trinajstić information content (AvgIpc) is 3.03. The van der Waals surface area contributed by atoms with Crippen LogP contribution >= 0.6 is 11.6 Å². The zero-order valence-corrected chi connectivity index (χ0v) is 16.8. The molecule has 2 fully saturated rings. The zero-order valence-electron chi connectivity index (χ0n) is 15.2. The van der Waals surface area contributed by atoms with Crippen LogP contribution in [0.1, 0.15) is 16.7 Å². The van der Waals surface area contributed by atoms with Gasteiger partial charge in [-0.3, -0.25) is 4.90 Å². The number of amides is 2. The van der Waals surface area contributed by atoms with Crippen LogP contribution in [-0.4, -0.2) is 42.9 Å². The maximum absolute atomic E-state index is 13.2. The number of carbonyl (C=O) groups excluding carboxylic acids is 1. The SMILES string of the molecule is Cc1ccc(CN2C(=O)N(c3ccc(C)c(Cl)c3)[C@@H]3CS(=O)(=O)C[C@@H]32)cc1. The van der Waals surface area contributed by atoms with Gasteiger partial charge in [0.15, 0.2) is 9.84 Å². The summed E-state index contributed by atoms with van der Waals surface area (Å²) in [5, 5.41) is 0.565. The Hall–Kier alpha value is -2.05. The van der Waals surface area contributed by atoms with E-state index in [1.54, 1.807) is 15.9 Å². The second kappa shape index (κ2) is 6.53. The molecule has 27 heavy (non-hydrogen) atoms. The van der Waals surface area contributed by atoms with E-state index >= 15 is 0 Å². The molecule has 0 unspecified atom stereocenters. The number of hydrogen-bond donors (Lipinski definition) is 0. The third-order valence-corrected chi connectivity index (χ3v) is 7.49. The molecule has 4 rings (SSSR count). The van der Waals surface area contributed by atoms with Gasteiger partial charge in [-0.1, -0.05) is 47.5 Å². The van der Waals surface area contributed by atoms with Crippen LogP contribution in [0.2, 0.25) is 5.02 Å². The molecule has 7 heteroatoms. The van der Waals surface area contributed by atoms with Crippen molar-refractivity contribution in [2.24, 2.45) is 0 Å². The van der Waals surface area contributed by atoms with Crippen LogP contribution in [0.3, 0.4) is 0 Å². The maximum Gasteiger partial charge on any atom is 0.325 e. The highest BCUT2D eigenvalue weighted by Crippen LogP contribution is 2.37. The van der Waals surface area contributed by atoms with Gasteiger partial charge in [-0.05, 0) is 37.1 Å². The average molecular weight is 405 g/mol. The fourth-order valence-electron chi connectivity index (χ4n) is 3.89. The molecule has 0 aromatic heterocycles. The number of fused-ring (bicyclic) bond motifs is 1. The fraction of sp³-hybridized carbons (Fsp3) is 0.350. The fourth-order valence-corrected chi connectivity index (χ4v) is 6.01. The van der Waals surface area contributed by atoms with Gasteiger partial charge in [-0.25, -0.2) is 13.2 Å². The highest BCUT2D eigenvalue weighted by Gasteiger charge is 2.53. The number of halogens is 1. The summed E-state index contributed by atoms with van der Waals surface area (Å²) < 4.78 is 24.6. The van der Waals surface area contributed by atoms with E-state index in [-0.39, 0.29) is 29.6 Å². The van der Waals surface area contributed by atoms with Crippen molar-refractivity contribution in [3.8, 4) is 0 Å². The standard InChI is InChI=1S/C20H21ClN2O3S/c1-13-3-6-15(7-4-13)10-22-18-11-27(25,26)12-19(18)23(20(22)24)16-8-5-14(2)17(21)9-16/h3-9,18-19H,10-12H2,1-2H3/t18-,19+/m0/s1. The minimum atomic E-state index is -3.19. The molecule has 2 amide bonds. The van der Waals surface area contributed by atoms with Gasteiger partial charge in [0, 0.05) is 17.3 Å². The van der Waals surface area contributed by atoms with E-state index < -0.39 is 9.84 Å². The van der Waals surface area contributed by atoms with E-state index in [9.17, 15) is 13.2 Å². The van der Waals surface area contributed by atoms with Gasteiger partial charge in [0.2, 0.25) is 0 Å². The normalized spacial score (nSPS) is 23.7. The number of nitrogens with zero attached hydrogens (tertiary/aromatic N) is 2. The summed E-state index contributed by atoms with van der Waals surface area (Å²) in [6.07, 6.45) is 0. The molecular formula is C20H21ClN2O3S. The minimum absolute atomic E-state index is 0.00532. The number of rotatable bonds is 3. The predicted molar refractivity (Wildman–Crippen MR) is 107 cm³/mol. The summed E-state index contributed by atoms with van der Waals surface area (Å²) in [6, 6.07) is 12.5. The Labute approximate surface area is 164 Å². The first-order chi connectivity index (χ1) is 12.7. The van der Waals surface area contributed by atoms with Crippen molar-refractivity contribution in [1.82, 2.24) is 4.90 Å². The first-order valence-corrected chi connectivity index (χ1v) is 11.1. The van der Waals surface area contributed by atoms with Crippen LogP contribution < -0.4 is 4.90 Å². The highest BCUT2D eigenvalue weighted by molar-refractivity contribution is 7.91. The van der Waals surface area contributed by atoms with Crippen molar-refractivity contribution in [3.05, 3.63) is 64.2 Å². The van der Waals surface area contributed by atoms with Gasteiger partial charge in [0.25, 0.3) is 0 Å². The van der Waals surface area contributed by atoms with Crippen LogP contribution in [0.4, 0.5) is 10.5 Å². The quantitative estimate of drug-likeness (QED) is 0.735. The third kappa shape index (κ3) is 3.32. The molecule has 2 heterocycles. The first-order valence-electron chi connectivity index (χ1n) is 8.87. The molecule has 2 aliphatic heterocycles. The van der Waals surface area contributed by atoms with Crippen LogP contribution in [0.25, 0.3) is 0 Å². The molecule has 0 radical (unpaired) electrons. The summed E-state index contributed by atoms with van der Waals surface area (Å²) >= 11 is 6.25. The van der Waals surface area contributed by atoms with Gasteiger partial charge in [-0.15, -0.1) is 0 Å². The summed E-state index contributed by atoms with van der Waals surface area (Å²) in [5.41, 5.74) is 3.69. The van der Waals surface area contributed by atoms with Gasteiger partial charge < -0.3 is 4.90 Å². The molecule has 2 aromatic rings. The minimum Gasteiger partial charge on any atom is -0.314 e. The molecule has 0 N–H and O–H groups in total. The number of hydrogen-bond acceptors (Lipinski definition) is 3. The second-order valence-corrected chi connectivity index (χ2v) is 9.97. The van der Waals surface area contributed by atoms with Crippen molar-refractivity contribution in [3.63, 3.8) is 0 Å². The number of urea groups is 1. The Bertz CT molecular complexity index is 1000. The lowest BCUT2D eigenvalue weighted by Gasteiger charge is -2.23. The summed E-state index contributed by atoms with van der Waals surface area (Å²) in [5.74, 6) is -0.00926. The van der Waals surface area contributed by atoms with E-state index in [2.05, 4.69) is 0 Å². The van der Waals surface area contributed by atoms with E-state index in [0.717, 1.165) is 16.7 Å². The molecule has 2 saturated heterocycles. The summed E-state index contributed by atoms with van der Waals surface area (Å²) in [6.45, 7) is 4.30. The Morgan fingerprint density at radius 1 is 1.04 bits per heavy atom. The van der Waals surface area contributed by atoms with Gasteiger partial charge in [0.1, 0.15) is 0 Å². The molecule has 2 aliphatic rings. The van der Waals surface area contributed by atoms with E-state index in [1.807, 2.05) is 50.2 Å². The lowest BCUT2D eigenvalue weighted by molar-refractivity contribution is 0.206. The van der Waals surface area contributed by atoms with Gasteiger partial charge >= 0.3 is 6.03 Å². The topological polar surface area (TPSA) is 57.7 Å². The highest BCUT2D eigenvalue weighted by atomic mass is 35.5. The summed E-state index contributed by atoms with van der Waals surface area (Å²) in [7, 11) is -3.19. The number of carbonyl (C=O) groups is 1. The maximum atomic E-state index is 13.2. The molecule has 2 atom stereocenters. The van der Waals surface area contributed by atoms with Crippen LogP contribution in [0, 0.1) is 13.8 Å². The molecular weight excluding hydrogens is 384 g/mol. The molecule has 0 spiro atoms. The molecule has 142 valence electrons. The molecule has 0 aliphatic carbocycles. The van der Waals surface area contributed by atoms with Gasteiger partial charge in [0.05, 0.1) is 23.6 Å². The number of benzene rings is 2. The Kier molecular flexibility index (Phi) is 4.43. The molecule has 0 bridgehead atoms. The van der Waals surface area contributed by atoms with Crippen LogP contribution in [0.5, 0.6) is 0 Å². The zero-order chi connectivity index (χ0) is 19.3. The number of sulfone groups is 1. The third-order valence-electron chi connectivity index (χ3n) is 5.38. The molecule has 5 nitrogen and oxygen atoms in total.